The number of carbonyl (C=O) groups is 1. The summed E-state index contributed by atoms with van der Waals surface area (Å²) >= 11 is 1.65. The van der Waals surface area contributed by atoms with Crippen molar-refractivity contribution in [2.45, 2.75) is 0 Å². The summed E-state index contributed by atoms with van der Waals surface area (Å²) in [6, 6.07) is 7.36. The van der Waals surface area contributed by atoms with Crippen LogP contribution in [-0.2, 0) is 4.74 Å². The van der Waals surface area contributed by atoms with E-state index in [0.29, 0.717) is 5.56 Å². The van der Waals surface area contributed by atoms with Gasteiger partial charge < -0.3 is 9.64 Å². The molecular weight excluding hydrogens is 300 g/mol. The molecule has 1 saturated heterocycles. The molecule has 22 heavy (non-hydrogen) atoms. The van der Waals surface area contributed by atoms with Crippen LogP contribution in [0.1, 0.15) is 15.2 Å². The molecule has 1 amide bonds. The van der Waals surface area contributed by atoms with Gasteiger partial charge in [0.2, 0.25) is 0 Å². The number of hydrazone groups is 1. The summed E-state index contributed by atoms with van der Waals surface area (Å²) in [6.07, 6.45) is 4.81. The Hall–Kier alpha value is -2.25. The van der Waals surface area contributed by atoms with E-state index in [2.05, 4.69) is 26.5 Å². The second kappa shape index (κ2) is 7.15. The third kappa shape index (κ3) is 3.69. The van der Waals surface area contributed by atoms with Gasteiger partial charge in [-0.2, -0.15) is 5.10 Å². The maximum Gasteiger partial charge on any atom is 0.271 e. The van der Waals surface area contributed by atoms with E-state index in [1.807, 2.05) is 6.07 Å². The number of nitrogens with zero attached hydrogens (tertiary/aromatic N) is 3. The summed E-state index contributed by atoms with van der Waals surface area (Å²) in [5.74, 6) is -0.247. The topological polar surface area (TPSA) is 66.8 Å². The number of nitrogens with one attached hydrogen (secondary N) is 1. The Morgan fingerprint density at radius 3 is 2.82 bits per heavy atom. The van der Waals surface area contributed by atoms with Gasteiger partial charge in [-0.3, -0.25) is 9.78 Å². The van der Waals surface area contributed by atoms with Gasteiger partial charge in [0.05, 0.1) is 24.4 Å². The molecule has 0 aliphatic carbocycles. The molecule has 6 nitrogen and oxygen atoms in total. The standard InChI is InChI=1S/C15H16N4O2S/c20-15(12-3-5-16-6-4-12)18-17-11-13-1-2-14(22-13)19-7-9-21-10-8-19/h1-6,11H,7-10H2,(H,18,20)/b17-11-. The summed E-state index contributed by atoms with van der Waals surface area (Å²) in [6.45, 7) is 3.36. The molecule has 7 heteroatoms. The van der Waals surface area contributed by atoms with E-state index >= 15 is 0 Å². The van der Waals surface area contributed by atoms with Gasteiger partial charge in [-0.1, -0.05) is 0 Å². The average Bonchev–Trinajstić information content (AvgIpc) is 3.05. The van der Waals surface area contributed by atoms with Crippen LogP contribution in [0.2, 0.25) is 0 Å². The lowest BCUT2D eigenvalue weighted by molar-refractivity contribution is 0.0955. The third-order valence-electron chi connectivity index (χ3n) is 3.24. The summed E-state index contributed by atoms with van der Waals surface area (Å²) in [5, 5.41) is 5.20. The summed E-state index contributed by atoms with van der Waals surface area (Å²) in [5.41, 5.74) is 3.05. The Balaban J connectivity index is 1.57. The monoisotopic (exact) mass is 316 g/mol. The Kier molecular flexibility index (Phi) is 4.77. The van der Waals surface area contributed by atoms with Gasteiger partial charge in [-0.25, -0.2) is 5.43 Å². The molecule has 3 rings (SSSR count). The summed E-state index contributed by atoms with van der Waals surface area (Å²) in [7, 11) is 0. The molecule has 0 radical (unpaired) electrons. The molecule has 0 spiro atoms. The van der Waals surface area contributed by atoms with Gasteiger partial charge in [-0.05, 0) is 24.3 Å². The van der Waals surface area contributed by atoms with E-state index in [1.54, 1.807) is 42.1 Å². The van der Waals surface area contributed by atoms with Crippen LogP contribution in [0, 0.1) is 0 Å². The van der Waals surface area contributed by atoms with Crippen molar-refractivity contribution < 1.29 is 9.53 Å². The lowest BCUT2D eigenvalue weighted by atomic mass is 10.3. The zero-order chi connectivity index (χ0) is 15.2. The van der Waals surface area contributed by atoms with Crippen LogP contribution in [0.3, 0.4) is 0 Å². The third-order valence-corrected chi connectivity index (χ3v) is 4.32. The van der Waals surface area contributed by atoms with E-state index < -0.39 is 0 Å². The van der Waals surface area contributed by atoms with Gasteiger partial charge in [0, 0.05) is 35.9 Å². The minimum atomic E-state index is -0.247. The maximum absolute atomic E-state index is 11.8. The van der Waals surface area contributed by atoms with Crippen LogP contribution in [0.4, 0.5) is 5.00 Å². The minimum Gasteiger partial charge on any atom is -0.378 e. The SMILES string of the molecule is O=C(N/N=C\c1ccc(N2CCOCC2)s1)c1ccncc1. The van der Waals surface area contributed by atoms with Crippen molar-refractivity contribution in [3.63, 3.8) is 0 Å². The normalized spacial score (nSPS) is 15.2. The van der Waals surface area contributed by atoms with E-state index in [-0.39, 0.29) is 5.91 Å². The van der Waals surface area contributed by atoms with Crippen molar-refractivity contribution in [3.05, 3.63) is 47.1 Å². The van der Waals surface area contributed by atoms with Crippen LogP contribution < -0.4 is 10.3 Å². The first-order chi connectivity index (χ1) is 10.8. The number of amides is 1. The fraction of sp³-hybridized carbons (Fsp3) is 0.267. The Morgan fingerprint density at radius 1 is 1.27 bits per heavy atom. The predicted molar refractivity (Wildman–Crippen MR) is 86.6 cm³/mol. The molecular formula is C15H16N4O2S. The molecule has 2 aromatic rings. The van der Waals surface area contributed by atoms with Gasteiger partial charge in [0.25, 0.3) is 5.91 Å². The maximum atomic E-state index is 11.8. The number of ether oxygens (including phenoxy) is 1. The molecule has 2 aromatic heterocycles. The lowest BCUT2D eigenvalue weighted by Gasteiger charge is -2.27. The molecule has 1 aliphatic heterocycles. The second-order valence-electron chi connectivity index (χ2n) is 4.71. The van der Waals surface area contributed by atoms with Crippen LogP contribution in [-0.4, -0.2) is 43.4 Å². The number of hydrogen-bond donors (Lipinski definition) is 1. The quantitative estimate of drug-likeness (QED) is 0.689. The smallest absolute Gasteiger partial charge is 0.271 e. The highest BCUT2D eigenvalue weighted by Gasteiger charge is 2.12. The number of morpholine rings is 1. The van der Waals surface area contributed by atoms with Crippen LogP contribution in [0.25, 0.3) is 0 Å². The fourth-order valence-electron chi connectivity index (χ4n) is 2.09. The van der Waals surface area contributed by atoms with Crippen LogP contribution >= 0.6 is 11.3 Å². The van der Waals surface area contributed by atoms with E-state index in [0.717, 1.165) is 31.2 Å². The highest BCUT2D eigenvalue weighted by molar-refractivity contribution is 7.17. The van der Waals surface area contributed by atoms with Crippen molar-refractivity contribution in [2.75, 3.05) is 31.2 Å². The van der Waals surface area contributed by atoms with Crippen molar-refractivity contribution in [2.24, 2.45) is 5.10 Å². The molecule has 1 N–H and O–H groups in total. The molecule has 0 saturated carbocycles. The summed E-state index contributed by atoms with van der Waals surface area (Å²) < 4.78 is 5.35. The molecule has 0 bridgehead atoms. The van der Waals surface area contributed by atoms with Crippen molar-refractivity contribution in [1.82, 2.24) is 10.4 Å². The van der Waals surface area contributed by atoms with Crippen LogP contribution in [0.15, 0.2) is 41.8 Å². The van der Waals surface area contributed by atoms with Gasteiger partial charge >= 0.3 is 0 Å². The van der Waals surface area contributed by atoms with E-state index in [9.17, 15) is 4.79 Å². The number of hydrogen-bond acceptors (Lipinski definition) is 6. The second-order valence-corrected chi connectivity index (χ2v) is 5.80. The van der Waals surface area contributed by atoms with E-state index in [1.165, 1.54) is 5.00 Å². The van der Waals surface area contributed by atoms with Gasteiger partial charge in [0.1, 0.15) is 0 Å². The predicted octanol–water partition coefficient (Wildman–Crippen LogP) is 1.74. The Morgan fingerprint density at radius 2 is 2.05 bits per heavy atom. The average molecular weight is 316 g/mol. The number of carbonyl (C=O) groups excluding carboxylic acids is 1. The zero-order valence-electron chi connectivity index (χ0n) is 11.9. The number of anilines is 1. The van der Waals surface area contributed by atoms with Crippen LogP contribution in [0.5, 0.6) is 0 Å². The Labute approximate surface area is 132 Å². The number of aromatic nitrogens is 1. The molecule has 0 aromatic carbocycles. The first kappa shape index (κ1) is 14.7. The Bertz CT molecular complexity index is 651. The number of thiophene rings is 1. The molecule has 1 fully saturated rings. The van der Waals surface area contributed by atoms with Gasteiger partial charge in [-0.15, -0.1) is 11.3 Å². The summed E-state index contributed by atoms with van der Waals surface area (Å²) in [4.78, 5) is 19.0. The van der Waals surface area contributed by atoms with Crippen molar-refractivity contribution >= 4 is 28.5 Å². The molecule has 0 atom stereocenters. The molecule has 0 unspecified atom stereocenters. The molecule has 3 heterocycles. The van der Waals surface area contributed by atoms with Gasteiger partial charge in [0.15, 0.2) is 0 Å². The van der Waals surface area contributed by atoms with Crippen molar-refractivity contribution in [3.8, 4) is 0 Å². The fourth-order valence-corrected chi connectivity index (χ4v) is 3.02. The van der Waals surface area contributed by atoms with E-state index in [4.69, 9.17) is 4.74 Å². The first-order valence-corrected chi connectivity index (χ1v) is 7.80. The highest BCUT2D eigenvalue weighted by atomic mass is 32.1. The first-order valence-electron chi connectivity index (χ1n) is 6.99. The number of rotatable bonds is 4. The van der Waals surface area contributed by atoms with Crippen molar-refractivity contribution in [1.29, 1.82) is 0 Å². The highest BCUT2D eigenvalue weighted by Crippen LogP contribution is 2.25. The largest absolute Gasteiger partial charge is 0.378 e. The lowest BCUT2D eigenvalue weighted by Crippen LogP contribution is -2.35. The zero-order valence-corrected chi connectivity index (χ0v) is 12.8. The molecule has 1 aliphatic rings. The molecule has 114 valence electrons. The minimum absolute atomic E-state index is 0.247. The number of pyridine rings is 1.